The maximum atomic E-state index is 12.1. The van der Waals surface area contributed by atoms with E-state index in [4.69, 9.17) is 32.1 Å². The van der Waals surface area contributed by atoms with Crippen LogP contribution in [0.4, 0.5) is 0 Å². The van der Waals surface area contributed by atoms with Crippen molar-refractivity contribution in [3.05, 3.63) is 64.2 Å². The molecule has 138 valence electrons. The summed E-state index contributed by atoms with van der Waals surface area (Å²) >= 11 is 5.92. The maximum absolute atomic E-state index is 12.1. The van der Waals surface area contributed by atoms with Gasteiger partial charge in [0.25, 0.3) is 5.91 Å². The van der Waals surface area contributed by atoms with Gasteiger partial charge in [-0.15, -0.1) is 0 Å². The molecule has 0 unspecified atom stereocenters. The van der Waals surface area contributed by atoms with Gasteiger partial charge in [-0.25, -0.2) is 0 Å². The smallest absolute Gasteiger partial charge is 0.311 e. The van der Waals surface area contributed by atoms with Crippen LogP contribution in [0.15, 0.2) is 48.0 Å². The molecule has 2 aromatic rings. The SMILES string of the molecule is COc1cc(/C=C(\C#N)C(N)=O)ccc1OC(=O)CCc1cccc(Cl)c1. The third-order valence-corrected chi connectivity index (χ3v) is 3.85. The van der Waals surface area contributed by atoms with Gasteiger partial charge in [-0.05, 0) is 47.9 Å². The second-order valence-corrected chi connectivity index (χ2v) is 5.98. The van der Waals surface area contributed by atoms with Gasteiger partial charge in [0.2, 0.25) is 0 Å². The number of benzene rings is 2. The van der Waals surface area contributed by atoms with Crippen LogP contribution in [0.2, 0.25) is 5.02 Å². The first kappa shape index (κ1) is 20.0. The second-order valence-electron chi connectivity index (χ2n) is 5.55. The summed E-state index contributed by atoms with van der Waals surface area (Å²) in [4.78, 5) is 23.2. The van der Waals surface area contributed by atoms with Crippen LogP contribution >= 0.6 is 11.6 Å². The number of amides is 1. The molecule has 0 aliphatic rings. The molecule has 0 saturated heterocycles. The maximum Gasteiger partial charge on any atom is 0.311 e. The standard InChI is InChI=1S/C20H17ClN2O4/c1-26-18-11-14(9-15(12-22)20(23)25)5-7-17(18)27-19(24)8-6-13-3-2-4-16(21)10-13/h2-5,7,9-11H,6,8H2,1H3,(H2,23,25)/b15-9+. The van der Waals surface area contributed by atoms with Crippen LogP contribution in [-0.2, 0) is 16.0 Å². The van der Waals surface area contributed by atoms with E-state index in [-0.39, 0.29) is 17.7 Å². The number of primary amides is 1. The number of rotatable bonds is 7. The number of methoxy groups -OCH3 is 1. The van der Waals surface area contributed by atoms with Crippen LogP contribution in [-0.4, -0.2) is 19.0 Å². The Morgan fingerprint density at radius 3 is 2.63 bits per heavy atom. The second kappa shape index (κ2) is 9.41. The Kier molecular flexibility index (Phi) is 6.98. The number of carbonyl (C=O) groups is 2. The van der Waals surface area contributed by atoms with E-state index in [0.717, 1.165) is 5.56 Å². The van der Waals surface area contributed by atoms with Crippen molar-refractivity contribution in [3.63, 3.8) is 0 Å². The molecular weight excluding hydrogens is 368 g/mol. The predicted octanol–water partition coefficient (Wildman–Crippen LogP) is 3.28. The Hall–Kier alpha value is -3.30. The van der Waals surface area contributed by atoms with Crippen LogP contribution in [0.5, 0.6) is 11.5 Å². The van der Waals surface area contributed by atoms with E-state index in [9.17, 15) is 9.59 Å². The third kappa shape index (κ3) is 5.87. The molecule has 0 aliphatic carbocycles. The monoisotopic (exact) mass is 384 g/mol. The molecular formula is C20H17ClN2O4. The van der Waals surface area contributed by atoms with Crippen LogP contribution in [0.25, 0.3) is 6.08 Å². The molecule has 0 bridgehead atoms. The van der Waals surface area contributed by atoms with Gasteiger partial charge in [0.15, 0.2) is 11.5 Å². The van der Waals surface area contributed by atoms with Gasteiger partial charge in [-0.2, -0.15) is 5.26 Å². The van der Waals surface area contributed by atoms with Crippen LogP contribution in [0.1, 0.15) is 17.5 Å². The van der Waals surface area contributed by atoms with Crippen molar-refractivity contribution in [3.8, 4) is 17.6 Å². The van der Waals surface area contributed by atoms with Crippen molar-refractivity contribution < 1.29 is 19.1 Å². The summed E-state index contributed by atoms with van der Waals surface area (Å²) in [7, 11) is 1.42. The average Bonchev–Trinajstić information content (AvgIpc) is 2.65. The van der Waals surface area contributed by atoms with E-state index in [1.807, 2.05) is 12.1 Å². The van der Waals surface area contributed by atoms with Crippen molar-refractivity contribution in [2.45, 2.75) is 12.8 Å². The zero-order valence-electron chi connectivity index (χ0n) is 14.6. The van der Waals surface area contributed by atoms with Crippen molar-refractivity contribution >= 4 is 29.6 Å². The number of nitriles is 1. The van der Waals surface area contributed by atoms with Gasteiger partial charge in [0, 0.05) is 11.4 Å². The highest BCUT2D eigenvalue weighted by Gasteiger charge is 2.12. The minimum atomic E-state index is -0.826. The van der Waals surface area contributed by atoms with Crippen LogP contribution < -0.4 is 15.2 Å². The summed E-state index contributed by atoms with van der Waals surface area (Å²) in [6.45, 7) is 0. The van der Waals surface area contributed by atoms with E-state index >= 15 is 0 Å². The van der Waals surface area contributed by atoms with E-state index in [1.54, 1.807) is 30.3 Å². The largest absolute Gasteiger partial charge is 0.493 e. The summed E-state index contributed by atoms with van der Waals surface area (Å²) in [5.74, 6) is -0.718. The van der Waals surface area contributed by atoms with Gasteiger partial charge >= 0.3 is 5.97 Å². The molecule has 2 N–H and O–H groups in total. The first-order valence-electron chi connectivity index (χ1n) is 7.97. The Bertz CT molecular complexity index is 932. The molecule has 0 radical (unpaired) electrons. The average molecular weight is 385 g/mol. The van der Waals surface area contributed by atoms with E-state index in [2.05, 4.69) is 0 Å². The van der Waals surface area contributed by atoms with Crippen LogP contribution in [0, 0.1) is 11.3 Å². The molecule has 0 aliphatic heterocycles. The van der Waals surface area contributed by atoms with Crippen molar-refractivity contribution in [2.75, 3.05) is 7.11 Å². The van der Waals surface area contributed by atoms with Crippen LogP contribution in [0.3, 0.4) is 0 Å². The minimum absolute atomic E-state index is 0.172. The van der Waals surface area contributed by atoms with Gasteiger partial charge < -0.3 is 15.2 Å². The molecule has 2 rings (SSSR count). The number of esters is 1. The summed E-state index contributed by atoms with van der Waals surface area (Å²) in [6, 6.07) is 13.6. The lowest BCUT2D eigenvalue weighted by atomic mass is 10.1. The number of aryl methyl sites for hydroxylation is 1. The molecule has 27 heavy (non-hydrogen) atoms. The molecule has 0 spiro atoms. The number of hydrogen-bond donors (Lipinski definition) is 1. The highest BCUT2D eigenvalue weighted by Crippen LogP contribution is 2.29. The molecule has 0 aromatic heterocycles. The van der Waals surface area contributed by atoms with Crippen molar-refractivity contribution in [1.82, 2.24) is 0 Å². The number of ether oxygens (including phenoxy) is 2. The van der Waals surface area contributed by atoms with Gasteiger partial charge in [-0.1, -0.05) is 29.8 Å². The summed E-state index contributed by atoms with van der Waals surface area (Å²) < 4.78 is 10.6. The Morgan fingerprint density at radius 1 is 1.22 bits per heavy atom. The van der Waals surface area contributed by atoms with Gasteiger partial charge in [-0.3, -0.25) is 9.59 Å². The molecule has 0 fully saturated rings. The molecule has 2 aromatic carbocycles. The van der Waals surface area contributed by atoms with E-state index < -0.39 is 11.9 Å². The van der Waals surface area contributed by atoms with Gasteiger partial charge in [0.05, 0.1) is 7.11 Å². The Labute approximate surface area is 161 Å². The first-order chi connectivity index (χ1) is 12.9. The zero-order valence-corrected chi connectivity index (χ0v) is 15.3. The normalized spacial score (nSPS) is 10.8. The Balaban J connectivity index is 2.08. The first-order valence-corrected chi connectivity index (χ1v) is 8.35. The summed E-state index contributed by atoms with van der Waals surface area (Å²) in [5.41, 5.74) is 6.37. The molecule has 1 amide bonds. The fourth-order valence-electron chi connectivity index (χ4n) is 2.30. The number of carbonyl (C=O) groups excluding carboxylic acids is 2. The van der Waals surface area contributed by atoms with Gasteiger partial charge in [0.1, 0.15) is 11.6 Å². The summed E-state index contributed by atoms with van der Waals surface area (Å²) in [5, 5.41) is 9.51. The lowest BCUT2D eigenvalue weighted by Gasteiger charge is -2.10. The third-order valence-electron chi connectivity index (χ3n) is 3.62. The fourth-order valence-corrected chi connectivity index (χ4v) is 2.51. The lowest BCUT2D eigenvalue weighted by molar-refractivity contribution is -0.134. The summed E-state index contributed by atoms with van der Waals surface area (Å²) in [6.07, 6.45) is 1.99. The minimum Gasteiger partial charge on any atom is -0.493 e. The number of nitrogens with two attached hydrogens (primary N) is 1. The quantitative estimate of drug-likeness (QED) is 0.341. The molecule has 0 atom stereocenters. The lowest BCUT2D eigenvalue weighted by Crippen LogP contribution is -2.12. The van der Waals surface area contributed by atoms with E-state index in [1.165, 1.54) is 19.3 Å². The molecule has 6 nitrogen and oxygen atoms in total. The zero-order chi connectivity index (χ0) is 19.8. The predicted molar refractivity (Wildman–Crippen MR) is 101 cm³/mol. The molecule has 7 heteroatoms. The highest BCUT2D eigenvalue weighted by molar-refractivity contribution is 6.30. The van der Waals surface area contributed by atoms with E-state index in [0.29, 0.717) is 22.8 Å². The molecule has 0 saturated carbocycles. The van der Waals surface area contributed by atoms with Crippen molar-refractivity contribution in [1.29, 1.82) is 5.26 Å². The number of hydrogen-bond acceptors (Lipinski definition) is 5. The fraction of sp³-hybridized carbons (Fsp3) is 0.150. The Morgan fingerprint density at radius 2 is 2.00 bits per heavy atom. The highest BCUT2D eigenvalue weighted by atomic mass is 35.5. The molecule has 0 heterocycles. The topological polar surface area (TPSA) is 102 Å². The van der Waals surface area contributed by atoms with Crippen molar-refractivity contribution in [2.24, 2.45) is 5.73 Å². The number of halogens is 1. The number of nitrogens with zero attached hydrogens (tertiary/aromatic N) is 1.